The molecule has 0 saturated carbocycles. The van der Waals surface area contributed by atoms with Crippen LogP contribution in [0.5, 0.6) is 0 Å². The van der Waals surface area contributed by atoms with Crippen LogP contribution in [0.3, 0.4) is 0 Å². The molecule has 0 atom stereocenters. The third-order valence-corrected chi connectivity index (χ3v) is 70.3. The molecule has 0 aromatic rings. The van der Waals surface area contributed by atoms with Crippen LogP contribution in [0.25, 0.3) is 0 Å². The topological polar surface area (TPSA) is 0 Å². The molecule has 104 valence electrons. The quantitative estimate of drug-likeness (QED) is 0.563. The van der Waals surface area contributed by atoms with E-state index >= 15 is 0 Å². The molecule has 4 heteroatoms. The Balaban J connectivity index is 5.59. The standard InChI is InChI=1S/C14H35Si3.Na/c1-9-16(10-2,13(5)6)15-17(11-3,12-4)14(7)8;/h13-15H,9-12H2,1-8H3;. The van der Waals surface area contributed by atoms with Gasteiger partial charge in [0.25, 0.3) is 0 Å². The number of hydrogen-bond donors (Lipinski definition) is 0. The van der Waals surface area contributed by atoms with Gasteiger partial charge in [0.15, 0.2) is 0 Å². The molecule has 0 bridgehead atoms. The monoisotopic (exact) mass is 310 g/mol. The summed E-state index contributed by atoms with van der Waals surface area (Å²) >= 11 is 1.60. The molecule has 0 aromatic carbocycles. The fourth-order valence-electron chi connectivity index (χ4n) is 4.93. The molecule has 0 nitrogen and oxygen atoms in total. The van der Waals surface area contributed by atoms with Crippen LogP contribution in [-0.4, -0.2) is 46.6 Å². The van der Waals surface area contributed by atoms with E-state index in [1.54, 1.807) is 51.2 Å². The van der Waals surface area contributed by atoms with E-state index in [1.807, 2.05) is 0 Å². The molecular formula is C14H35NaSi3. The van der Waals surface area contributed by atoms with Gasteiger partial charge in [-0.05, 0) is 0 Å². The summed E-state index contributed by atoms with van der Waals surface area (Å²) in [6.07, 6.45) is 0. The number of rotatable bonds is 8. The van der Waals surface area contributed by atoms with Crippen LogP contribution in [0.1, 0.15) is 55.4 Å². The molecule has 0 spiro atoms. The molecule has 0 aliphatic carbocycles. The van der Waals surface area contributed by atoms with E-state index in [1.165, 1.54) is 0 Å². The van der Waals surface area contributed by atoms with E-state index in [9.17, 15) is 0 Å². The van der Waals surface area contributed by atoms with Gasteiger partial charge in [-0.25, -0.2) is 0 Å². The first kappa shape index (κ1) is 19.7. The molecule has 0 fully saturated rings. The van der Waals surface area contributed by atoms with Gasteiger partial charge >= 0.3 is 137 Å². The first-order valence-electron chi connectivity index (χ1n) is 8.28. The van der Waals surface area contributed by atoms with Crippen molar-refractivity contribution >= 4 is 46.6 Å². The van der Waals surface area contributed by atoms with Crippen molar-refractivity contribution in [2.75, 3.05) is 0 Å². The average molecular weight is 311 g/mol. The fourth-order valence-corrected chi connectivity index (χ4v) is 81.9. The zero-order chi connectivity index (χ0) is 14.6. The summed E-state index contributed by atoms with van der Waals surface area (Å²) in [7, 11) is -1.80. The SMILES string of the molecule is CC[Si](CC)(C(C)C)[SiH]([Na])[Si](CC)(CC)C(C)C. The van der Waals surface area contributed by atoms with E-state index in [0.29, 0.717) is 0 Å². The van der Waals surface area contributed by atoms with Gasteiger partial charge in [-0.3, -0.25) is 0 Å². The fraction of sp³-hybridized carbons (Fsp3) is 1.00. The van der Waals surface area contributed by atoms with Crippen molar-refractivity contribution < 1.29 is 0 Å². The predicted molar refractivity (Wildman–Crippen MR) is 96.5 cm³/mol. The minimum absolute atomic E-state index is 0.403. The van der Waals surface area contributed by atoms with Gasteiger partial charge < -0.3 is 0 Å². The molecule has 18 heavy (non-hydrogen) atoms. The average Bonchev–Trinajstić information content (AvgIpc) is 2.32. The Morgan fingerprint density at radius 2 is 0.944 bits per heavy atom. The molecule has 0 aliphatic heterocycles. The van der Waals surface area contributed by atoms with Gasteiger partial charge in [0.1, 0.15) is 0 Å². The van der Waals surface area contributed by atoms with Gasteiger partial charge in [0.2, 0.25) is 0 Å². The van der Waals surface area contributed by atoms with E-state index in [0.717, 1.165) is 11.1 Å². The third kappa shape index (κ3) is 3.45. The first-order chi connectivity index (χ1) is 8.28. The molecule has 0 unspecified atom stereocenters. The van der Waals surface area contributed by atoms with Crippen molar-refractivity contribution in [3.8, 4) is 0 Å². The van der Waals surface area contributed by atoms with Crippen LogP contribution in [0.4, 0.5) is 0 Å². The Labute approximate surface area is 136 Å². The second-order valence-electron chi connectivity index (χ2n) is 6.91. The van der Waals surface area contributed by atoms with Crippen LogP contribution < -0.4 is 0 Å². The summed E-state index contributed by atoms with van der Waals surface area (Å²) in [5.41, 5.74) is 2.09. The van der Waals surface area contributed by atoms with Crippen molar-refractivity contribution in [1.82, 2.24) is 0 Å². The number of hydrogen-bond acceptors (Lipinski definition) is 0. The minimum atomic E-state index is -0.902. The van der Waals surface area contributed by atoms with Crippen molar-refractivity contribution in [3.63, 3.8) is 0 Å². The third-order valence-electron chi connectivity index (χ3n) is 6.66. The van der Waals surface area contributed by atoms with Crippen LogP contribution in [0, 0.1) is 0 Å². The zero-order valence-electron chi connectivity index (χ0n) is 14.6. The van der Waals surface area contributed by atoms with Gasteiger partial charge in [0, 0.05) is 0 Å². The summed E-state index contributed by atoms with van der Waals surface area (Å²) in [4.78, 5) is 0. The molecular weight excluding hydrogens is 275 g/mol. The first-order valence-corrected chi connectivity index (χ1v) is 21.5. The predicted octanol–water partition coefficient (Wildman–Crippen LogP) is 4.83. The molecule has 0 rings (SSSR count). The molecule has 0 radical (unpaired) electrons. The summed E-state index contributed by atoms with van der Waals surface area (Å²) in [5.74, 6) is 0. The van der Waals surface area contributed by atoms with Crippen LogP contribution >= 0.6 is 0 Å². The van der Waals surface area contributed by atoms with Crippen molar-refractivity contribution in [3.05, 3.63) is 0 Å². The van der Waals surface area contributed by atoms with Crippen LogP contribution in [-0.2, 0) is 0 Å². The second kappa shape index (κ2) is 8.18. The Kier molecular flexibility index (Phi) is 8.93. The molecule has 0 heterocycles. The molecule has 0 amide bonds. The van der Waals surface area contributed by atoms with Gasteiger partial charge in [0.05, 0.1) is 0 Å². The van der Waals surface area contributed by atoms with E-state index in [4.69, 9.17) is 0 Å². The van der Waals surface area contributed by atoms with Crippen molar-refractivity contribution in [1.29, 1.82) is 0 Å². The Hall–Kier alpha value is 1.65. The van der Waals surface area contributed by atoms with Gasteiger partial charge in [-0.1, -0.05) is 0 Å². The molecule has 0 aromatic heterocycles. The van der Waals surface area contributed by atoms with Gasteiger partial charge in [-0.15, -0.1) is 0 Å². The van der Waals surface area contributed by atoms with E-state index in [2.05, 4.69) is 55.4 Å². The molecule has 0 N–H and O–H groups in total. The normalized spacial score (nSPS) is 14.1. The van der Waals surface area contributed by atoms with Crippen molar-refractivity contribution in [2.24, 2.45) is 0 Å². The summed E-state index contributed by atoms with van der Waals surface area (Å²) in [5, 5.41) is 0. The maximum atomic E-state index is 2.57. The van der Waals surface area contributed by atoms with Crippen LogP contribution in [0.2, 0.25) is 35.3 Å². The maximum absolute atomic E-state index is 2.57. The molecule has 0 saturated heterocycles. The van der Waals surface area contributed by atoms with Gasteiger partial charge in [-0.2, -0.15) is 0 Å². The molecule has 0 aliphatic rings. The van der Waals surface area contributed by atoms with E-state index in [-0.39, 0.29) is 0 Å². The summed E-state index contributed by atoms with van der Waals surface area (Å²) < 4.78 is -0.403. The Morgan fingerprint density at radius 1 is 0.722 bits per heavy atom. The second-order valence-corrected chi connectivity index (χ2v) is 42.6. The summed E-state index contributed by atoms with van der Waals surface area (Å²) in [6, 6.07) is 6.35. The Bertz CT molecular complexity index is 209. The Morgan fingerprint density at radius 3 is 1.06 bits per heavy atom. The van der Waals surface area contributed by atoms with Crippen molar-refractivity contribution in [2.45, 2.75) is 90.6 Å². The van der Waals surface area contributed by atoms with Crippen LogP contribution in [0.15, 0.2) is 0 Å². The van der Waals surface area contributed by atoms with E-state index < -0.39 is 19.6 Å². The zero-order valence-corrected chi connectivity index (χ0v) is 19.7. The summed E-state index contributed by atoms with van der Waals surface area (Å²) in [6.45, 7) is 20.4.